The van der Waals surface area contributed by atoms with Crippen molar-refractivity contribution in [2.45, 2.75) is 44.1 Å². The summed E-state index contributed by atoms with van der Waals surface area (Å²) in [7, 11) is -4.22. The summed E-state index contributed by atoms with van der Waals surface area (Å²) in [4.78, 5) is 7.82. The van der Waals surface area contributed by atoms with Crippen LogP contribution in [0, 0.1) is 13.8 Å². The van der Waals surface area contributed by atoms with Crippen LogP contribution in [0.1, 0.15) is 24.2 Å². The third kappa shape index (κ3) is 5.36. The highest BCUT2D eigenvalue weighted by Crippen LogP contribution is 2.32. The van der Waals surface area contributed by atoms with Crippen molar-refractivity contribution >= 4 is 10.0 Å². The van der Waals surface area contributed by atoms with Crippen LogP contribution in [-0.2, 0) is 10.0 Å². The highest BCUT2D eigenvalue weighted by molar-refractivity contribution is 7.89. The molecule has 1 aromatic heterocycles. The molecule has 0 spiro atoms. The molecule has 2 aromatic rings. The van der Waals surface area contributed by atoms with Gasteiger partial charge in [0.25, 0.3) is 0 Å². The first-order chi connectivity index (χ1) is 13.5. The zero-order valence-corrected chi connectivity index (χ0v) is 16.6. The second-order valence-electron chi connectivity index (χ2n) is 6.67. The minimum atomic E-state index is -5.00. The van der Waals surface area contributed by atoms with Crippen molar-refractivity contribution in [1.82, 2.24) is 14.3 Å². The number of hydrogen-bond acceptors (Lipinski definition) is 6. The number of alkyl halides is 3. The van der Waals surface area contributed by atoms with E-state index in [4.69, 9.17) is 4.74 Å². The highest BCUT2D eigenvalue weighted by atomic mass is 32.2. The first-order valence-electron chi connectivity index (χ1n) is 8.88. The Kier molecular flexibility index (Phi) is 5.99. The standard InChI is InChI=1S/C18H20F3N3O4S/c1-12-10-13(2)23-17(22-12)27-14-6-5-9-24(11-14)29(25,26)16-8-4-3-7-15(16)28-18(19,20)21/h3-4,7-8,10,14H,5-6,9,11H2,1-2H3/t14-/m0/s1. The molecule has 0 bridgehead atoms. The molecule has 1 aliphatic heterocycles. The number of ether oxygens (including phenoxy) is 2. The van der Waals surface area contributed by atoms with Gasteiger partial charge in [0.1, 0.15) is 16.7 Å². The van der Waals surface area contributed by atoms with Crippen molar-refractivity contribution in [3.05, 3.63) is 41.7 Å². The summed E-state index contributed by atoms with van der Waals surface area (Å²) in [5.74, 6) is -0.763. The Labute approximate surface area is 166 Å². The van der Waals surface area contributed by atoms with Gasteiger partial charge in [0.05, 0.1) is 6.54 Å². The van der Waals surface area contributed by atoms with E-state index in [2.05, 4.69) is 14.7 Å². The fourth-order valence-corrected chi connectivity index (χ4v) is 4.75. The number of rotatable bonds is 5. The van der Waals surface area contributed by atoms with E-state index < -0.39 is 33.1 Å². The van der Waals surface area contributed by atoms with Crippen LogP contribution in [0.15, 0.2) is 35.2 Å². The molecular formula is C18H20F3N3O4S. The van der Waals surface area contributed by atoms with Crippen LogP contribution in [-0.4, -0.2) is 48.2 Å². The molecule has 0 amide bonds. The largest absolute Gasteiger partial charge is 0.573 e. The van der Waals surface area contributed by atoms with Crippen LogP contribution >= 0.6 is 0 Å². The predicted molar refractivity (Wildman–Crippen MR) is 97.0 cm³/mol. The van der Waals surface area contributed by atoms with Gasteiger partial charge >= 0.3 is 12.4 Å². The summed E-state index contributed by atoms with van der Waals surface area (Å²) in [5.41, 5.74) is 1.43. The Hall–Kier alpha value is -2.40. The lowest BCUT2D eigenvalue weighted by Crippen LogP contribution is -2.44. The lowest BCUT2D eigenvalue weighted by molar-refractivity contribution is -0.275. The molecule has 11 heteroatoms. The number of aryl methyl sites for hydroxylation is 2. The molecule has 3 rings (SSSR count). The lowest BCUT2D eigenvalue weighted by Gasteiger charge is -2.32. The number of aromatic nitrogens is 2. The number of benzene rings is 1. The number of sulfonamides is 1. The fraction of sp³-hybridized carbons (Fsp3) is 0.444. The topological polar surface area (TPSA) is 81.6 Å². The summed E-state index contributed by atoms with van der Waals surface area (Å²) in [6.07, 6.45) is -4.46. The maximum absolute atomic E-state index is 13.0. The van der Waals surface area contributed by atoms with Gasteiger partial charge in [-0.05, 0) is 44.9 Å². The lowest BCUT2D eigenvalue weighted by atomic mass is 10.1. The fourth-order valence-electron chi connectivity index (χ4n) is 3.13. The molecule has 0 aliphatic carbocycles. The van der Waals surface area contributed by atoms with Crippen LogP contribution in [0.5, 0.6) is 11.8 Å². The molecule has 0 N–H and O–H groups in total. The van der Waals surface area contributed by atoms with Gasteiger partial charge in [0, 0.05) is 17.9 Å². The molecule has 1 aromatic carbocycles. The third-order valence-corrected chi connectivity index (χ3v) is 6.17. The third-order valence-electron chi connectivity index (χ3n) is 4.27. The van der Waals surface area contributed by atoms with Crippen molar-refractivity contribution < 1.29 is 31.1 Å². The molecule has 1 saturated heterocycles. The molecule has 7 nitrogen and oxygen atoms in total. The molecule has 1 aliphatic rings. The Bertz CT molecular complexity index is 962. The van der Waals surface area contributed by atoms with E-state index in [1.165, 1.54) is 12.1 Å². The van der Waals surface area contributed by atoms with Crippen molar-refractivity contribution in [1.29, 1.82) is 0 Å². The summed E-state index contributed by atoms with van der Waals surface area (Å²) in [6, 6.07) is 6.61. The van der Waals surface area contributed by atoms with Gasteiger partial charge in [0.15, 0.2) is 0 Å². The summed E-state index contributed by atoms with van der Waals surface area (Å²) in [6.45, 7) is 3.71. The SMILES string of the molecule is Cc1cc(C)nc(O[C@H]2CCCN(S(=O)(=O)c3ccccc3OC(F)(F)F)C2)n1. The average molecular weight is 431 g/mol. The average Bonchev–Trinajstić information content (AvgIpc) is 2.60. The van der Waals surface area contributed by atoms with Gasteiger partial charge in [-0.25, -0.2) is 18.4 Å². The Morgan fingerprint density at radius 1 is 1.14 bits per heavy atom. The highest BCUT2D eigenvalue weighted by Gasteiger charge is 2.37. The number of para-hydroxylation sites is 1. The van der Waals surface area contributed by atoms with Crippen LogP contribution in [0.3, 0.4) is 0 Å². The second-order valence-corrected chi connectivity index (χ2v) is 8.58. The van der Waals surface area contributed by atoms with Crippen LogP contribution in [0.2, 0.25) is 0 Å². The maximum atomic E-state index is 13.0. The minimum Gasteiger partial charge on any atom is -0.459 e. The molecule has 2 heterocycles. The number of halogens is 3. The molecule has 0 radical (unpaired) electrons. The zero-order valence-electron chi connectivity index (χ0n) is 15.8. The molecule has 0 unspecified atom stereocenters. The number of nitrogens with zero attached hydrogens (tertiary/aromatic N) is 3. The predicted octanol–water partition coefficient (Wildman–Crippen LogP) is 3.22. The molecule has 1 fully saturated rings. The van der Waals surface area contributed by atoms with E-state index in [0.717, 1.165) is 16.4 Å². The van der Waals surface area contributed by atoms with Crippen LogP contribution in [0.4, 0.5) is 13.2 Å². The van der Waals surface area contributed by atoms with E-state index in [1.807, 2.05) is 0 Å². The minimum absolute atomic E-state index is 0.0287. The van der Waals surface area contributed by atoms with Crippen LogP contribution in [0.25, 0.3) is 0 Å². The molecule has 29 heavy (non-hydrogen) atoms. The van der Waals surface area contributed by atoms with Crippen LogP contribution < -0.4 is 9.47 Å². The zero-order chi connectivity index (χ0) is 21.2. The normalized spacial score (nSPS) is 18.4. The molecule has 158 valence electrons. The van der Waals surface area contributed by atoms with E-state index in [-0.39, 0.29) is 19.1 Å². The van der Waals surface area contributed by atoms with Gasteiger partial charge in [-0.1, -0.05) is 12.1 Å². The molecule has 0 saturated carbocycles. The van der Waals surface area contributed by atoms with Gasteiger partial charge in [-0.3, -0.25) is 0 Å². The quantitative estimate of drug-likeness (QED) is 0.723. The Balaban J connectivity index is 1.81. The summed E-state index contributed by atoms with van der Waals surface area (Å²) in [5, 5.41) is 0. The number of piperidine rings is 1. The number of hydrogen-bond donors (Lipinski definition) is 0. The van der Waals surface area contributed by atoms with Crippen molar-refractivity contribution in [3.63, 3.8) is 0 Å². The summed E-state index contributed by atoms with van der Waals surface area (Å²) >= 11 is 0. The smallest absolute Gasteiger partial charge is 0.459 e. The van der Waals surface area contributed by atoms with E-state index in [0.29, 0.717) is 24.2 Å². The van der Waals surface area contributed by atoms with Crippen molar-refractivity contribution in [3.8, 4) is 11.8 Å². The Morgan fingerprint density at radius 3 is 2.45 bits per heavy atom. The molecular weight excluding hydrogens is 411 g/mol. The van der Waals surface area contributed by atoms with Gasteiger partial charge in [-0.15, -0.1) is 13.2 Å². The monoisotopic (exact) mass is 431 g/mol. The van der Waals surface area contributed by atoms with Gasteiger partial charge in [0.2, 0.25) is 10.0 Å². The van der Waals surface area contributed by atoms with E-state index in [9.17, 15) is 21.6 Å². The second kappa shape index (κ2) is 8.15. The summed E-state index contributed by atoms with van der Waals surface area (Å²) < 4.78 is 74.7. The van der Waals surface area contributed by atoms with Crippen molar-refractivity contribution in [2.75, 3.05) is 13.1 Å². The first-order valence-corrected chi connectivity index (χ1v) is 10.3. The van der Waals surface area contributed by atoms with E-state index in [1.54, 1.807) is 19.9 Å². The first kappa shape index (κ1) is 21.3. The maximum Gasteiger partial charge on any atom is 0.573 e. The molecule has 1 atom stereocenters. The van der Waals surface area contributed by atoms with E-state index >= 15 is 0 Å². The van der Waals surface area contributed by atoms with Crippen molar-refractivity contribution in [2.24, 2.45) is 0 Å². The van der Waals surface area contributed by atoms with Gasteiger partial charge in [-0.2, -0.15) is 4.31 Å². The Morgan fingerprint density at radius 2 is 1.79 bits per heavy atom. The van der Waals surface area contributed by atoms with Gasteiger partial charge < -0.3 is 9.47 Å².